The number of aromatic nitrogens is 2. The molecule has 0 aromatic carbocycles. The van der Waals surface area contributed by atoms with Gasteiger partial charge in [0.15, 0.2) is 5.82 Å². The molecule has 1 aromatic rings. The summed E-state index contributed by atoms with van der Waals surface area (Å²) in [5.41, 5.74) is -0.0679. The molecule has 1 aromatic heterocycles. The van der Waals surface area contributed by atoms with Gasteiger partial charge in [-0.15, -0.1) is 0 Å². The summed E-state index contributed by atoms with van der Waals surface area (Å²) in [6.45, 7) is 4.04. The van der Waals surface area contributed by atoms with Gasteiger partial charge in [-0.05, 0) is 0 Å². The largest absolute Gasteiger partial charge is 0.364 e. The summed E-state index contributed by atoms with van der Waals surface area (Å²) < 4.78 is 1.53. The summed E-state index contributed by atoms with van der Waals surface area (Å²) in [7, 11) is 1.73. The molecule has 0 saturated carbocycles. The zero-order valence-corrected chi connectivity index (χ0v) is 10.9. The molecular weight excluding hydrogens is 236 g/mol. The number of aryl methyl sites for hydroxylation is 1. The number of thioether (sulfide) groups is 1. The molecule has 1 aliphatic heterocycles. The van der Waals surface area contributed by atoms with Crippen LogP contribution in [0.15, 0.2) is 17.2 Å². The molecule has 1 aliphatic rings. The quantitative estimate of drug-likeness (QED) is 0.834. The third-order valence-electron chi connectivity index (χ3n) is 2.84. The standard InChI is InChI=1S/C11H18N4OS/c1-14-4-2-12-10(11(14)16)13-3-5-15-6-8-17-9-7-15/h2,4H,3,5-9H2,1H3,(H,12,13). The van der Waals surface area contributed by atoms with E-state index in [4.69, 9.17) is 0 Å². The van der Waals surface area contributed by atoms with Crippen LogP contribution in [0.25, 0.3) is 0 Å². The molecule has 0 atom stereocenters. The smallest absolute Gasteiger partial charge is 0.293 e. The Hall–Kier alpha value is -1.01. The van der Waals surface area contributed by atoms with Crippen molar-refractivity contribution in [2.75, 3.05) is 43.0 Å². The Bertz CT molecular complexity index is 414. The Balaban J connectivity index is 1.81. The summed E-state index contributed by atoms with van der Waals surface area (Å²) in [5, 5.41) is 3.11. The monoisotopic (exact) mass is 254 g/mol. The van der Waals surface area contributed by atoms with Gasteiger partial charge in [0.2, 0.25) is 0 Å². The molecule has 1 N–H and O–H groups in total. The Morgan fingerprint density at radius 2 is 2.24 bits per heavy atom. The number of hydrogen-bond donors (Lipinski definition) is 1. The number of nitrogens with zero attached hydrogens (tertiary/aromatic N) is 3. The molecule has 0 amide bonds. The van der Waals surface area contributed by atoms with Gasteiger partial charge < -0.3 is 9.88 Å². The maximum absolute atomic E-state index is 11.7. The van der Waals surface area contributed by atoms with Crippen molar-refractivity contribution >= 4 is 17.6 Å². The third kappa shape index (κ3) is 3.47. The first-order chi connectivity index (χ1) is 8.27. The van der Waals surface area contributed by atoms with Crippen LogP contribution < -0.4 is 10.9 Å². The van der Waals surface area contributed by atoms with Crippen LogP contribution >= 0.6 is 11.8 Å². The van der Waals surface area contributed by atoms with Crippen LogP contribution in [0.3, 0.4) is 0 Å². The van der Waals surface area contributed by atoms with Crippen LogP contribution in [0.1, 0.15) is 0 Å². The predicted molar refractivity (Wildman–Crippen MR) is 71.7 cm³/mol. The molecule has 6 heteroatoms. The van der Waals surface area contributed by atoms with Gasteiger partial charge in [0, 0.05) is 57.1 Å². The average Bonchev–Trinajstić information content (AvgIpc) is 2.36. The number of anilines is 1. The van der Waals surface area contributed by atoms with Crippen LogP contribution in [0.2, 0.25) is 0 Å². The van der Waals surface area contributed by atoms with Crippen LogP contribution in [0.4, 0.5) is 5.82 Å². The first-order valence-electron chi connectivity index (χ1n) is 5.83. The van der Waals surface area contributed by atoms with E-state index in [-0.39, 0.29) is 5.56 Å². The molecule has 0 radical (unpaired) electrons. The number of rotatable bonds is 4. The van der Waals surface area contributed by atoms with Crippen molar-refractivity contribution in [1.29, 1.82) is 0 Å². The van der Waals surface area contributed by atoms with Gasteiger partial charge in [-0.25, -0.2) is 4.98 Å². The van der Waals surface area contributed by atoms with E-state index in [2.05, 4.69) is 15.2 Å². The minimum atomic E-state index is -0.0679. The Labute approximate surface area is 105 Å². The van der Waals surface area contributed by atoms with Crippen molar-refractivity contribution < 1.29 is 0 Å². The molecule has 0 unspecified atom stereocenters. The van der Waals surface area contributed by atoms with Crippen molar-refractivity contribution in [3.63, 3.8) is 0 Å². The lowest BCUT2D eigenvalue weighted by molar-refractivity contribution is 0.314. The van der Waals surface area contributed by atoms with Gasteiger partial charge in [0.25, 0.3) is 5.56 Å². The van der Waals surface area contributed by atoms with E-state index in [1.165, 1.54) is 16.1 Å². The minimum Gasteiger partial charge on any atom is -0.364 e. The van der Waals surface area contributed by atoms with E-state index in [1.807, 2.05) is 11.8 Å². The average molecular weight is 254 g/mol. The fourth-order valence-corrected chi connectivity index (χ4v) is 2.75. The molecule has 1 saturated heterocycles. The fourth-order valence-electron chi connectivity index (χ4n) is 1.78. The highest BCUT2D eigenvalue weighted by Gasteiger charge is 2.09. The maximum atomic E-state index is 11.7. The van der Waals surface area contributed by atoms with Crippen molar-refractivity contribution in [2.45, 2.75) is 0 Å². The summed E-state index contributed by atoms with van der Waals surface area (Å²) in [4.78, 5) is 18.1. The zero-order valence-electron chi connectivity index (χ0n) is 10.1. The molecule has 0 bridgehead atoms. The van der Waals surface area contributed by atoms with Gasteiger partial charge in [0.05, 0.1) is 0 Å². The normalized spacial score (nSPS) is 17.0. The second-order valence-corrected chi connectivity index (χ2v) is 5.30. The van der Waals surface area contributed by atoms with Gasteiger partial charge in [-0.1, -0.05) is 0 Å². The van der Waals surface area contributed by atoms with Crippen LogP contribution in [-0.4, -0.2) is 52.1 Å². The van der Waals surface area contributed by atoms with Gasteiger partial charge in [0.1, 0.15) is 0 Å². The van der Waals surface area contributed by atoms with Gasteiger partial charge >= 0.3 is 0 Å². The van der Waals surface area contributed by atoms with Crippen LogP contribution in [0, 0.1) is 0 Å². The first-order valence-corrected chi connectivity index (χ1v) is 6.98. The Kier molecular flexibility index (Phi) is 4.44. The fraction of sp³-hybridized carbons (Fsp3) is 0.636. The van der Waals surface area contributed by atoms with E-state index >= 15 is 0 Å². The lowest BCUT2D eigenvalue weighted by Gasteiger charge is -2.26. The second-order valence-electron chi connectivity index (χ2n) is 4.07. The molecule has 2 heterocycles. The topological polar surface area (TPSA) is 50.2 Å². The lowest BCUT2D eigenvalue weighted by Crippen LogP contribution is -2.36. The molecule has 0 spiro atoms. The van der Waals surface area contributed by atoms with Gasteiger partial charge in [-0.2, -0.15) is 11.8 Å². The zero-order chi connectivity index (χ0) is 12.1. The summed E-state index contributed by atoms with van der Waals surface area (Å²) in [6.07, 6.45) is 3.30. The molecule has 2 rings (SSSR count). The molecule has 94 valence electrons. The molecular formula is C11H18N4OS. The van der Waals surface area contributed by atoms with Crippen LogP contribution in [0.5, 0.6) is 0 Å². The van der Waals surface area contributed by atoms with Crippen molar-refractivity contribution in [2.24, 2.45) is 7.05 Å². The summed E-state index contributed by atoms with van der Waals surface area (Å²) in [6, 6.07) is 0. The molecule has 17 heavy (non-hydrogen) atoms. The molecule has 1 fully saturated rings. The number of hydrogen-bond acceptors (Lipinski definition) is 5. The predicted octanol–water partition coefficient (Wildman–Crippen LogP) is 0.241. The van der Waals surface area contributed by atoms with E-state index in [0.29, 0.717) is 5.82 Å². The second kappa shape index (κ2) is 6.07. The number of nitrogens with one attached hydrogen (secondary N) is 1. The van der Waals surface area contributed by atoms with Crippen molar-refractivity contribution in [3.8, 4) is 0 Å². The molecule has 5 nitrogen and oxygen atoms in total. The molecule has 0 aliphatic carbocycles. The van der Waals surface area contributed by atoms with Crippen LogP contribution in [-0.2, 0) is 7.05 Å². The van der Waals surface area contributed by atoms with Gasteiger partial charge in [-0.3, -0.25) is 9.69 Å². The van der Waals surface area contributed by atoms with E-state index < -0.39 is 0 Å². The maximum Gasteiger partial charge on any atom is 0.293 e. The van der Waals surface area contributed by atoms with E-state index in [0.717, 1.165) is 26.2 Å². The Morgan fingerprint density at radius 3 is 3.00 bits per heavy atom. The lowest BCUT2D eigenvalue weighted by atomic mass is 10.4. The van der Waals surface area contributed by atoms with E-state index in [9.17, 15) is 4.79 Å². The highest BCUT2D eigenvalue weighted by Crippen LogP contribution is 2.08. The minimum absolute atomic E-state index is 0.0679. The summed E-state index contributed by atoms with van der Waals surface area (Å²) in [5.74, 6) is 2.87. The van der Waals surface area contributed by atoms with Crippen molar-refractivity contribution in [3.05, 3.63) is 22.7 Å². The first kappa shape index (κ1) is 12.4. The highest BCUT2D eigenvalue weighted by atomic mass is 32.2. The summed E-state index contributed by atoms with van der Waals surface area (Å²) >= 11 is 2.01. The highest BCUT2D eigenvalue weighted by molar-refractivity contribution is 7.99. The Morgan fingerprint density at radius 1 is 1.47 bits per heavy atom. The SMILES string of the molecule is Cn1ccnc(NCCN2CCSCC2)c1=O. The van der Waals surface area contributed by atoms with Crippen molar-refractivity contribution in [1.82, 2.24) is 14.5 Å². The third-order valence-corrected chi connectivity index (χ3v) is 3.78. The van der Waals surface area contributed by atoms with E-state index in [1.54, 1.807) is 19.4 Å².